The van der Waals surface area contributed by atoms with E-state index < -0.39 is 11.7 Å². The highest BCUT2D eigenvalue weighted by Gasteiger charge is 2.22. The van der Waals surface area contributed by atoms with Crippen LogP contribution in [0.3, 0.4) is 0 Å². The zero-order chi connectivity index (χ0) is 19.4. The fourth-order valence-electron chi connectivity index (χ4n) is 3.11. The first-order valence-corrected chi connectivity index (χ1v) is 9.82. The molecule has 1 amide bonds. The van der Waals surface area contributed by atoms with E-state index in [0.717, 1.165) is 30.1 Å². The SMILES string of the molecule is COCc1nsc(NC2CCCc3cc(NC(=O)OC(C)(C)C)ccc32)n1. The van der Waals surface area contributed by atoms with Gasteiger partial charge in [0, 0.05) is 24.3 Å². The average Bonchev–Trinajstić information content (AvgIpc) is 3.00. The van der Waals surface area contributed by atoms with Crippen LogP contribution in [0.5, 0.6) is 0 Å². The van der Waals surface area contributed by atoms with Crippen LogP contribution in [-0.2, 0) is 22.5 Å². The van der Waals surface area contributed by atoms with E-state index in [9.17, 15) is 4.79 Å². The number of aryl methyl sites for hydroxylation is 1. The van der Waals surface area contributed by atoms with Gasteiger partial charge in [0.1, 0.15) is 12.2 Å². The minimum absolute atomic E-state index is 0.188. The van der Waals surface area contributed by atoms with Gasteiger partial charge >= 0.3 is 6.09 Å². The lowest BCUT2D eigenvalue weighted by Gasteiger charge is -2.27. The van der Waals surface area contributed by atoms with E-state index in [2.05, 4.69) is 26.1 Å². The fourth-order valence-corrected chi connectivity index (χ4v) is 3.74. The molecule has 0 saturated heterocycles. The quantitative estimate of drug-likeness (QED) is 0.781. The Morgan fingerprint density at radius 3 is 2.93 bits per heavy atom. The second-order valence-corrected chi connectivity index (χ2v) is 8.33. The predicted molar refractivity (Wildman–Crippen MR) is 106 cm³/mol. The Bertz CT molecular complexity index is 800. The molecule has 3 rings (SSSR count). The van der Waals surface area contributed by atoms with Gasteiger partial charge in [0.15, 0.2) is 5.82 Å². The first-order chi connectivity index (χ1) is 12.8. The maximum absolute atomic E-state index is 12.0. The summed E-state index contributed by atoms with van der Waals surface area (Å²) < 4.78 is 14.7. The number of anilines is 2. The third kappa shape index (κ3) is 5.40. The number of nitrogens with zero attached hydrogens (tertiary/aromatic N) is 2. The number of methoxy groups -OCH3 is 1. The largest absolute Gasteiger partial charge is 0.444 e. The summed E-state index contributed by atoms with van der Waals surface area (Å²) in [5.41, 5.74) is 2.70. The minimum Gasteiger partial charge on any atom is -0.444 e. The molecule has 1 aromatic carbocycles. The fraction of sp³-hybridized carbons (Fsp3) is 0.526. The molecule has 2 aromatic rings. The van der Waals surface area contributed by atoms with Gasteiger partial charge < -0.3 is 14.8 Å². The van der Waals surface area contributed by atoms with Crippen molar-refractivity contribution in [1.82, 2.24) is 9.36 Å². The van der Waals surface area contributed by atoms with Crippen LogP contribution in [0.4, 0.5) is 15.6 Å². The summed E-state index contributed by atoms with van der Waals surface area (Å²) in [5.74, 6) is 0.693. The van der Waals surface area contributed by atoms with E-state index >= 15 is 0 Å². The van der Waals surface area contributed by atoms with E-state index in [4.69, 9.17) is 9.47 Å². The number of benzene rings is 1. The van der Waals surface area contributed by atoms with Crippen molar-refractivity contribution in [2.75, 3.05) is 17.7 Å². The van der Waals surface area contributed by atoms with Gasteiger partial charge in [0.2, 0.25) is 5.13 Å². The second-order valence-electron chi connectivity index (χ2n) is 7.58. The number of hydrogen-bond donors (Lipinski definition) is 2. The monoisotopic (exact) mass is 390 g/mol. The third-order valence-electron chi connectivity index (χ3n) is 4.14. The van der Waals surface area contributed by atoms with Crippen LogP contribution < -0.4 is 10.6 Å². The molecule has 27 heavy (non-hydrogen) atoms. The zero-order valence-corrected chi connectivity index (χ0v) is 17.0. The lowest BCUT2D eigenvalue weighted by atomic mass is 9.87. The highest BCUT2D eigenvalue weighted by Crippen LogP contribution is 2.34. The standard InChI is InChI=1S/C19H26N4O3S/c1-19(2,3)26-18(24)20-13-8-9-14-12(10-13)6-5-7-15(14)21-17-22-16(11-25-4)23-27-17/h8-10,15H,5-7,11H2,1-4H3,(H,20,24)(H,21,22,23). The molecule has 8 heteroatoms. The van der Waals surface area contributed by atoms with Crippen LogP contribution in [0.25, 0.3) is 0 Å². The van der Waals surface area contributed by atoms with Crippen LogP contribution in [0.2, 0.25) is 0 Å². The maximum Gasteiger partial charge on any atom is 0.412 e. The topological polar surface area (TPSA) is 85.4 Å². The molecule has 1 aliphatic rings. The number of nitrogens with one attached hydrogen (secondary N) is 2. The first kappa shape index (κ1) is 19.6. The van der Waals surface area contributed by atoms with Gasteiger partial charge in [0.05, 0.1) is 6.04 Å². The predicted octanol–water partition coefficient (Wildman–Crippen LogP) is 4.52. The molecule has 1 unspecified atom stereocenters. The van der Waals surface area contributed by atoms with Crippen molar-refractivity contribution in [3.8, 4) is 0 Å². The molecular weight excluding hydrogens is 364 g/mol. The number of ether oxygens (including phenoxy) is 2. The molecule has 0 fully saturated rings. The van der Waals surface area contributed by atoms with Gasteiger partial charge in [-0.15, -0.1) is 0 Å². The summed E-state index contributed by atoms with van der Waals surface area (Å²) in [7, 11) is 1.63. The van der Waals surface area contributed by atoms with Crippen molar-refractivity contribution in [2.24, 2.45) is 0 Å². The molecular formula is C19H26N4O3S. The molecule has 1 heterocycles. The Morgan fingerprint density at radius 1 is 1.37 bits per heavy atom. The molecule has 0 saturated carbocycles. The van der Waals surface area contributed by atoms with Crippen molar-refractivity contribution in [1.29, 1.82) is 0 Å². The van der Waals surface area contributed by atoms with Crippen LogP contribution in [-0.4, -0.2) is 28.2 Å². The van der Waals surface area contributed by atoms with Crippen molar-refractivity contribution < 1.29 is 14.3 Å². The Morgan fingerprint density at radius 2 is 2.19 bits per heavy atom. The smallest absolute Gasteiger partial charge is 0.412 e. The van der Waals surface area contributed by atoms with E-state index in [0.29, 0.717) is 12.4 Å². The maximum atomic E-state index is 12.0. The number of amides is 1. The van der Waals surface area contributed by atoms with E-state index in [1.165, 1.54) is 22.7 Å². The number of carbonyl (C=O) groups is 1. The molecule has 7 nitrogen and oxygen atoms in total. The van der Waals surface area contributed by atoms with Gasteiger partial charge in [0.25, 0.3) is 0 Å². The Balaban J connectivity index is 1.69. The van der Waals surface area contributed by atoms with Gasteiger partial charge in [-0.1, -0.05) is 6.07 Å². The molecule has 2 N–H and O–H groups in total. The molecule has 146 valence electrons. The lowest BCUT2D eigenvalue weighted by Crippen LogP contribution is -2.27. The van der Waals surface area contributed by atoms with Gasteiger partial charge in [-0.25, -0.2) is 9.78 Å². The number of carbonyl (C=O) groups excluding carboxylic acids is 1. The Hall–Kier alpha value is -2.19. The highest BCUT2D eigenvalue weighted by atomic mass is 32.1. The van der Waals surface area contributed by atoms with Gasteiger partial charge in [-0.3, -0.25) is 5.32 Å². The summed E-state index contributed by atoms with van der Waals surface area (Å²) in [4.78, 5) is 16.4. The molecule has 0 bridgehead atoms. The Labute approximate surface area is 163 Å². The normalized spacial score (nSPS) is 16.5. The molecule has 0 aliphatic heterocycles. The first-order valence-electron chi connectivity index (χ1n) is 9.05. The third-order valence-corrected chi connectivity index (χ3v) is 4.83. The van der Waals surface area contributed by atoms with E-state index in [1.54, 1.807) is 7.11 Å². The van der Waals surface area contributed by atoms with Crippen LogP contribution >= 0.6 is 11.5 Å². The summed E-state index contributed by atoms with van der Waals surface area (Å²) in [6.45, 7) is 5.96. The number of fused-ring (bicyclic) bond motifs is 1. The zero-order valence-electron chi connectivity index (χ0n) is 16.2. The van der Waals surface area contributed by atoms with E-state index in [1.807, 2.05) is 32.9 Å². The van der Waals surface area contributed by atoms with Crippen LogP contribution in [0.1, 0.15) is 56.6 Å². The number of hydrogen-bond acceptors (Lipinski definition) is 7. The van der Waals surface area contributed by atoms with Crippen LogP contribution in [0, 0.1) is 0 Å². The lowest BCUT2D eigenvalue weighted by molar-refractivity contribution is 0.0636. The summed E-state index contributed by atoms with van der Waals surface area (Å²) in [6, 6.07) is 6.20. The summed E-state index contributed by atoms with van der Waals surface area (Å²) in [6.07, 6.45) is 2.66. The second kappa shape index (κ2) is 8.22. The molecule has 1 atom stereocenters. The highest BCUT2D eigenvalue weighted by molar-refractivity contribution is 7.09. The number of rotatable bonds is 5. The minimum atomic E-state index is -0.517. The average molecular weight is 391 g/mol. The summed E-state index contributed by atoms with van der Waals surface area (Å²) >= 11 is 1.35. The molecule has 1 aliphatic carbocycles. The van der Waals surface area contributed by atoms with Crippen LogP contribution in [0.15, 0.2) is 18.2 Å². The summed E-state index contributed by atoms with van der Waals surface area (Å²) in [5, 5.41) is 7.10. The van der Waals surface area contributed by atoms with Gasteiger partial charge in [-0.05, 0) is 63.3 Å². The van der Waals surface area contributed by atoms with Crippen molar-refractivity contribution in [3.05, 3.63) is 35.2 Å². The molecule has 1 aromatic heterocycles. The Kier molecular flexibility index (Phi) is 5.96. The molecule has 0 spiro atoms. The van der Waals surface area contributed by atoms with E-state index in [-0.39, 0.29) is 6.04 Å². The number of aromatic nitrogens is 2. The van der Waals surface area contributed by atoms with Crippen molar-refractivity contribution in [2.45, 2.75) is 58.3 Å². The molecule has 0 radical (unpaired) electrons. The van der Waals surface area contributed by atoms with Crippen molar-refractivity contribution in [3.63, 3.8) is 0 Å². The van der Waals surface area contributed by atoms with Gasteiger partial charge in [-0.2, -0.15) is 4.37 Å². The van der Waals surface area contributed by atoms with Crippen molar-refractivity contribution >= 4 is 28.4 Å².